The largest absolute Gasteiger partial charge is 0.331 e. The highest BCUT2D eigenvalue weighted by atomic mass is 32.2. The lowest BCUT2D eigenvalue weighted by Crippen LogP contribution is -2.23. The molecule has 0 aliphatic rings. The minimum atomic E-state index is 0.430. The topological polar surface area (TPSA) is 48.8 Å². The molecule has 37 heavy (non-hydrogen) atoms. The van der Waals surface area contributed by atoms with Gasteiger partial charge in [0.1, 0.15) is 0 Å². The first-order chi connectivity index (χ1) is 18.2. The maximum atomic E-state index is 5.55. The molecule has 184 valence electrons. The number of hydrazone groups is 1. The molecule has 0 unspecified atom stereocenters. The van der Waals surface area contributed by atoms with Crippen LogP contribution in [0.5, 0.6) is 0 Å². The highest BCUT2D eigenvalue weighted by Gasteiger charge is 2.06. The van der Waals surface area contributed by atoms with Crippen LogP contribution < -0.4 is 10.7 Å². The van der Waals surface area contributed by atoms with Crippen LogP contribution in [0, 0.1) is 0 Å². The Morgan fingerprint density at radius 2 is 1.27 bits per heavy atom. The fourth-order valence-corrected chi connectivity index (χ4v) is 4.86. The van der Waals surface area contributed by atoms with Crippen molar-refractivity contribution >= 4 is 64.3 Å². The molecule has 0 saturated carbocycles. The number of nitrogens with zero attached hydrogens (tertiary/aromatic N) is 2. The number of anilines is 1. The van der Waals surface area contributed by atoms with Gasteiger partial charge < -0.3 is 5.32 Å². The summed E-state index contributed by atoms with van der Waals surface area (Å²) in [7, 11) is 0. The van der Waals surface area contributed by atoms with Gasteiger partial charge in [-0.2, -0.15) is 5.10 Å². The van der Waals surface area contributed by atoms with E-state index in [0.717, 1.165) is 37.9 Å². The molecular formula is C30H26N4S3. The van der Waals surface area contributed by atoms with E-state index in [-0.39, 0.29) is 0 Å². The molecule has 0 atom stereocenters. The van der Waals surface area contributed by atoms with Crippen LogP contribution in [0.2, 0.25) is 0 Å². The van der Waals surface area contributed by atoms with E-state index < -0.39 is 0 Å². The Morgan fingerprint density at radius 1 is 0.703 bits per heavy atom. The Balaban J connectivity index is 1.38. The number of thiocarbonyl (C=S) groups is 2. The van der Waals surface area contributed by atoms with Crippen molar-refractivity contribution in [1.29, 1.82) is 0 Å². The molecule has 0 saturated heterocycles. The van der Waals surface area contributed by atoms with Gasteiger partial charge in [-0.05, 0) is 42.0 Å². The van der Waals surface area contributed by atoms with Crippen LogP contribution in [0.3, 0.4) is 0 Å². The van der Waals surface area contributed by atoms with E-state index in [0.29, 0.717) is 11.7 Å². The van der Waals surface area contributed by atoms with Crippen molar-refractivity contribution in [3.8, 4) is 0 Å². The van der Waals surface area contributed by atoms with E-state index in [1.165, 1.54) is 5.56 Å². The second-order valence-corrected chi connectivity index (χ2v) is 10.1. The zero-order chi connectivity index (χ0) is 25.7. The Hall–Kier alpha value is -3.65. The van der Waals surface area contributed by atoms with Crippen LogP contribution >= 0.6 is 36.2 Å². The van der Waals surface area contributed by atoms with Gasteiger partial charge >= 0.3 is 0 Å². The van der Waals surface area contributed by atoms with Gasteiger partial charge in [-0.25, -0.2) is 0 Å². The highest BCUT2D eigenvalue weighted by Crippen LogP contribution is 2.31. The van der Waals surface area contributed by atoms with Crippen molar-refractivity contribution in [3.63, 3.8) is 0 Å². The molecule has 4 nitrogen and oxygen atoms in total. The Labute approximate surface area is 232 Å². The molecule has 0 bridgehead atoms. The fraction of sp³-hybridized carbons (Fsp3) is 0.0667. The standard InChI is InChI=1S/C30H26N4S3/c35-27(19-23-11-3-1-4-12-23)22-31-20-24-13-7-9-17-28(24)37-29-18-10-8-14-25(29)21-32-34-30(36)33-26-15-5-2-6-16-26/h1-18,20-21H,19,22H2,(H2,33,34,36)/b31-20?,32-21+. The van der Waals surface area contributed by atoms with Crippen molar-refractivity contribution < 1.29 is 0 Å². The number of benzene rings is 4. The molecule has 0 heterocycles. The summed E-state index contributed by atoms with van der Waals surface area (Å²) in [4.78, 5) is 7.73. The number of hydrogen-bond acceptors (Lipinski definition) is 5. The second-order valence-electron chi connectivity index (χ2n) is 8.04. The molecule has 0 amide bonds. The summed E-state index contributed by atoms with van der Waals surface area (Å²) in [6, 6.07) is 36.3. The molecule has 4 aromatic carbocycles. The first kappa shape index (κ1) is 26.4. The lowest BCUT2D eigenvalue weighted by Gasteiger charge is -2.09. The Bertz CT molecular complexity index is 1280. The smallest absolute Gasteiger partial charge is 0.191 e. The lowest BCUT2D eigenvalue weighted by atomic mass is 10.1. The normalized spacial score (nSPS) is 11.0. The van der Waals surface area contributed by atoms with Crippen molar-refractivity contribution in [2.75, 3.05) is 11.9 Å². The van der Waals surface area contributed by atoms with Gasteiger partial charge in [-0.15, -0.1) is 0 Å². The van der Waals surface area contributed by atoms with Crippen LogP contribution in [0.1, 0.15) is 16.7 Å². The minimum absolute atomic E-state index is 0.430. The molecule has 0 aliphatic heterocycles. The summed E-state index contributed by atoms with van der Waals surface area (Å²) in [5, 5.41) is 7.87. The van der Waals surface area contributed by atoms with Crippen LogP contribution in [-0.2, 0) is 6.42 Å². The van der Waals surface area contributed by atoms with Crippen molar-refractivity contribution in [1.82, 2.24) is 5.43 Å². The third-order valence-electron chi connectivity index (χ3n) is 5.20. The predicted molar refractivity (Wildman–Crippen MR) is 166 cm³/mol. The molecular weight excluding hydrogens is 513 g/mol. The summed E-state index contributed by atoms with van der Waals surface area (Å²) < 4.78 is 0. The van der Waals surface area contributed by atoms with Crippen LogP contribution in [0.15, 0.2) is 129 Å². The molecule has 0 spiro atoms. The van der Waals surface area contributed by atoms with Gasteiger partial charge in [-0.1, -0.05) is 109 Å². The zero-order valence-corrected chi connectivity index (χ0v) is 22.5. The van der Waals surface area contributed by atoms with E-state index in [1.54, 1.807) is 18.0 Å². The second kappa shape index (κ2) is 14.2. The molecule has 0 aliphatic carbocycles. The fourth-order valence-electron chi connectivity index (χ4n) is 3.44. The monoisotopic (exact) mass is 538 g/mol. The molecule has 4 aromatic rings. The Morgan fingerprint density at radius 3 is 1.95 bits per heavy atom. The maximum absolute atomic E-state index is 5.55. The van der Waals surface area contributed by atoms with Gasteiger partial charge in [0.2, 0.25) is 0 Å². The predicted octanol–water partition coefficient (Wildman–Crippen LogP) is 7.19. The van der Waals surface area contributed by atoms with Crippen LogP contribution in [0.4, 0.5) is 5.69 Å². The number of rotatable bonds is 10. The summed E-state index contributed by atoms with van der Waals surface area (Å²) in [5.41, 5.74) is 7.04. The summed E-state index contributed by atoms with van der Waals surface area (Å²) in [5.74, 6) is 0. The van der Waals surface area contributed by atoms with Crippen molar-refractivity contribution in [2.45, 2.75) is 16.2 Å². The molecule has 0 aromatic heterocycles. The molecule has 0 radical (unpaired) electrons. The van der Waals surface area contributed by atoms with E-state index in [4.69, 9.17) is 24.4 Å². The zero-order valence-electron chi connectivity index (χ0n) is 20.1. The summed E-state index contributed by atoms with van der Waals surface area (Å²) >= 11 is 12.6. The van der Waals surface area contributed by atoms with Gasteiger partial charge in [0, 0.05) is 44.1 Å². The Kier molecular flexibility index (Phi) is 10.1. The van der Waals surface area contributed by atoms with E-state index in [9.17, 15) is 0 Å². The third-order valence-corrected chi connectivity index (χ3v) is 6.85. The molecule has 0 fully saturated rings. The third kappa shape index (κ3) is 8.75. The van der Waals surface area contributed by atoms with Crippen LogP contribution in [0.25, 0.3) is 0 Å². The molecule has 2 N–H and O–H groups in total. The number of hydrogen-bond donors (Lipinski definition) is 2. The maximum Gasteiger partial charge on any atom is 0.191 e. The number of nitrogens with one attached hydrogen (secondary N) is 2. The highest BCUT2D eigenvalue weighted by molar-refractivity contribution is 7.99. The van der Waals surface area contributed by atoms with Gasteiger partial charge in [0.15, 0.2) is 5.11 Å². The number of para-hydroxylation sites is 1. The van der Waals surface area contributed by atoms with Gasteiger partial charge in [-0.3, -0.25) is 10.4 Å². The molecule has 4 rings (SSSR count). The summed E-state index contributed by atoms with van der Waals surface area (Å²) in [6.45, 7) is 0.523. The lowest BCUT2D eigenvalue weighted by molar-refractivity contribution is 1.05. The average molecular weight is 539 g/mol. The van der Waals surface area contributed by atoms with E-state index >= 15 is 0 Å². The number of aliphatic imine (C=N–C) groups is 1. The molecule has 7 heteroatoms. The minimum Gasteiger partial charge on any atom is -0.331 e. The SMILES string of the molecule is S=C(CN=Cc1ccccc1Sc1ccccc1/C=N/NC(=S)Nc1ccccc1)Cc1ccccc1. The van der Waals surface area contributed by atoms with E-state index in [1.807, 2.05) is 85.1 Å². The van der Waals surface area contributed by atoms with Crippen LogP contribution in [-0.4, -0.2) is 29.0 Å². The quantitative estimate of drug-likeness (QED) is 0.127. The average Bonchev–Trinajstić information content (AvgIpc) is 2.92. The first-order valence-corrected chi connectivity index (χ1v) is 13.4. The first-order valence-electron chi connectivity index (χ1n) is 11.7. The van der Waals surface area contributed by atoms with E-state index in [2.05, 4.69) is 51.2 Å². The van der Waals surface area contributed by atoms with Gasteiger partial charge in [0.05, 0.1) is 12.8 Å². The summed E-state index contributed by atoms with van der Waals surface area (Å²) in [6.07, 6.45) is 4.44. The van der Waals surface area contributed by atoms with Gasteiger partial charge in [0.25, 0.3) is 0 Å². The van der Waals surface area contributed by atoms with Crippen molar-refractivity contribution in [2.24, 2.45) is 10.1 Å². The van der Waals surface area contributed by atoms with Crippen molar-refractivity contribution in [3.05, 3.63) is 126 Å².